The maximum Gasteiger partial charge on any atom is 0.0605 e. The minimum absolute atomic E-state index is 0.284. The number of nitrogens with one attached hydrogen (secondary N) is 1. The standard InChI is InChI=1S/C16H19IN2/c1-3-18-15(16-12(2)5-4-10-19-16)11-13-6-8-14(17)9-7-13/h4-10,15,18H,3,11H2,1-2H3. The van der Waals surface area contributed by atoms with E-state index in [-0.39, 0.29) is 6.04 Å². The Morgan fingerprint density at radius 1 is 1.21 bits per heavy atom. The van der Waals surface area contributed by atoms with Gasteiger partial charge in [0.25, 0.3) is 0 Å². The summed E-state index contributed by atoms with van der Waals surface area (Å²) in [7, 11) is 0. The largest absolute Gasteiger partial charge is 0.309 e. The van der Waals surface area contributed by atoms with Crippen molar-refractivity contribution in [1.29, 1.82) is 0 Å². The zero-order chi connectivity index (χ0) is 13.7. The average molecular weight is 366 g/mol. The number of halogens is 1. The van der Waals surface area contributed by atoms with E-state index >= 15 is 0 Å². The highest BCUT2D eigenvalue weighted by molar-refractivity contribution is 14.1. The van der Waals surface area contributed by atoms with Gasteiger partial charge in [-0.15, -0.1) is 0 Å². The predicted molar refractivity (Wildman–Crippen MR) is 88.3 cm³/mol. The number of aryl methyl sites for hydroxylation is 1. The number of rotatable bonds is 5. The first kappa shape index (κ1) is 14.5. The summed E-state index contributed by atoms with van der Waals surface area (Å²) in [5, 5.41) is 3.54. The van der Waals surface area contributed by atoms with Gasteiger partial charge in [-0.1, -0.05) is 25.1 Å². The molecule has 1 heterocycles. The van der Waals surface area contributed by atoms with Gasteiger partial charge < -0.3 is 5.32 Å². The maximum absolute atomic E-state index is 4.55. The second-order valence-electron chi connectivity index (χ2n) is 4.65. The molecular weight excluding hydrogens is 347 g/mol. The van der Waals surface area contributed by atoms with Gasteiger partial charge in [0.15, 0.2) is 0 Å². The molecule has 0 aliphatic rings. The normalized spacial score (nSPS) is 12.4. The lowest BCUT2D eigenvalue weighted by Gasteiger charge is -2.19. The first-order chi connectivity index (χ1) is 9.20. The molecule has 100 valence electrons. The fourth-order valence-corrected chi connectivity index (χ4v) is 2.59. The molecule has 0 saturated carbocycles. The van der Waals surface area contributed by atoms with Crippen molar-refractivity contribution in [1.82, 2.24) is 10.3 Å². The second-order valence-corrected chi connectivity index (χ2v) is 5.89. The number of likely N-dealkylation sites (N-methyl/N-ethyl adjacent to an activating group) is 1. The van der Waals surface area contributed by atoms with Crippen LogP contribution in [0.15, 0.2) is 42.6 Å². The van der Waals surface area contributed by atoms with Crippen molar-refractivity contribution in [2.75, 3.05) is 6.54 Å². The van der Waals surface area contributed by atoms with E-state index < -0.39 is 0 Å². The Balaban J connectivity index is 2.21. The summed E-state index contributed by atoms with van der Waals surface area (Å²) in [6, 6.07) is 13.1. The highest BCUT2D eigenvalue weighted by Crippen LogP contribution is 2.20. The van der Waals surface area contributed by atoms with Crippen molar-refractivity contribution in [2.24, 2.45) is 0 Å². The van der Waals surface area contributed by atoms with E-state index in [1.807, 2.05) is 12.3 Å². The zero-order valence-corrected chi connectivity index (χ0v) is 13.5. The smallest absolute Gasteiger partial charge is 0.0605 e. The molecule has 1 aromatic carbocycles. The van der Waals surface area contributed by atoms with Crippen LogP contribution in [0, 0.1) is 10.5 Å². The van der Waals surface area contributed by atoms with Crippen LogP contribution in [-0.2, 0) is 6.42 Å². The summed E-state index contributed by atoms with van der Waals surface area (Å²) in [4.78, 5) is 4.55. The number of hydrogen-bond acceptors (Lipinski definition) is 2. The molecule has 0 fully saturated rings. The molecule has 0 spiro atoms. The maximum atomic E-state index is 4.55. The summed E-state index contributed by atoms with van der Waals surface area (Å²) in [6.07, 6.45) is 2.85. The molecule has 19 heavy (non-hydrogen) atoms. The van der Waals surface area contributed by atoms with Crippen LogP contribution in [0.1, 0.15) is 29.8 Å². The summed E-state index contributed by atoms with van der Waals surface area (Å²) in [5.41, 5.74) is 3.75. The van der Waals surface area contributed by atoms with E-state index in [1.165, 1.54) is 14.7 Å². The van der Waals surface area contributed by atoms with Gasteiger partial charge in [0.05, 0.1) is 11.7 Å². The summed E-state index contributed by atoms with van der Waals surface area (Å²) < 4.78 is 1.27. The summed E-state index contributed by atoms with van der Waals surface area (Å²) >= 11 is 2.34. The molecule has 3 heteroatoms. The van der Waals surface area contributed by atoms with E-state index in [9.17, 15) is 0 Å². The lowest BCUT2D eigenvalue weighted by Crippen LogP contribution is -2.24. The number of hydrogen-bond donors (Lipinski definition) is 1. The Morgan fingerprint density at radius 2 is 1.95 bits per heavy atom. The van der Waals surface area contributed by atoms with Crippen LogP contribution in [0.5, 0.6) is 0 Å². The fourth-order valence-electron chi connectivity index (χ4n) is 2.23. The van der Waals surface area contributed by atoms with Gasteiger partial charge in [0, 0.05) is 9.77 Å². The number of aromatic nitrogens is 1. The van der Waals surface area contributed by atoms with Gasteiger partial charge in [-0.2, -0.15) is 0 Å². The minimum atomic E-state index is 0.284. The third-order valence-electron chi connectivity index (χ3n) is 3.18. The summed E-state index contributed by atoms with van der Waals surface area (Å²) in [5.74, 6) is 0. The van der Waals surface area contributed by atoms with Crippen molar-refractivity contribution in [3.05, 3.63) is 63.0 Å². The molecule has 1 N–H and O–H groups in total. The molecule has 1 aromatic heterocycles. The molecule has 0 aliphatic carbocycles. The van der Waals surface area contributed by atoms with Crippen LogP contribution >= 0.6 is 22.6 Å². The Labute approximate surface area is 128 Å². The molecule has 1 atom stereocenters. The quantitative estimate of drug-likeness (QED) is 0.813. The highest BCUT2D eigenvalue weighted by Gasteiger charge is 2.14. The molecule has 2 rings (SSSR count). The topological polar surface area (TPSA) is 24.9 Å². The molecule has 0 aliphatic heterocycles. The second kappa shape index (κ2) is 7.01. The number of benzene rings is 1. The first-order valence-electron chi connectivity index (χ1n) is 6.60. The van der Waals surface area contributed by atoms with E-state index in [4.69, 9.17) is 0 Å². The molecule has 1 unspecified atom stereocenters. The molecule has 2 aromatic rings. The zero-order valence-electron chi connectivity index (χ0n) is 11.4. The molecular formula is C16H19IN2. The van der Waals surface area contributed by atoms with Crippen molar-refractivity contribution >= 4 is 22.6 Å². The third-order valence-corrected chi connectivity index (χ3v) is 3.90. The monoisotopic (exact) mass is 366 g/mol. The van der Waals surface area contributed by atoms with Crippen molar-refractivity contribution in [3.63, 3.8) is 0 Å². The van der Waals surface area contributed by atoms with Gasteiger partial charge in [0.2, 0.25) is 0 Å². The third kappa shape index (κ3) is 4.01. The number of pyridine rings is 1. The van der Waals surface area contributed by atoms with Crippen molar-refractivity contribution < 1.29 is 0 Å². The van der Waals surface area contributed by atoms with Crippen LogP contribution in [0.4, 0.5) is 0 Å². The van der Waals surface area contributed by atoms with Crippen molar-refractivity contribution in [2.45, 2.75) is 26.3 Å². The van der Waals surface area contributed by atoms with E-state index in [2.05, 4.69) is 77.1 Å². The van der Waals surface area contributed by atoms with Gasteiger partial charge in [-0.3, -0.25) is 4.98 Å². The molecule has 0 radical (unpaired) electrons. The van der Waals surface area contributed by atoms with Crippen LogP contribution in [0.25, 0.3) is 0 Å². The SMILES string of the molecule is CCNC(Cc1ccc(I)cc1)c1ncccc1C. The highest BCUT2D eigenvalue weighted by atomic mass is 127. The molecule has 0 bridgehead atoms. The average Bonchev–Trinajstić information content (AvgIpc) is 2.41. The lowest BCUT2D eigenvalue weighted by atomic mass is 10.00. The Bertz CT molecular complexity index is 523. The molecule has 0 saturated heterocycles. The van der Waals surface area contributed by atoms with Crippen LogP contribution in [-0.4, -0.2) is 11.5 Å². The first-order valence-corrected chi connectivity index (χ1v) is 7.68. The van der Waals surface area contributed by atoms with Gasteiger partial charge in [-0.05, 0) is 71.8 Å². The van der Waals surface area contributed by atoms with E-state index in [1.54, 1.807) is 0 Å². The lowest BCUT2D eigenvalue weighted by molar-refractivity contribution is 0.534. The van der Waals surface area contributed by atoms with Gasteiger partial charge in [-0.25, -0.2) is 0 Å². The Kier molecular flexibility index (Phi) is 5.34. The Morgan fingerprint density at radius 3 is 2.58 bits per heavy atom. The van der Waals surface area contributed by atoms with E-state index in [0.717, 1.165) is 18.7 Å². The van der Waals surface area contributed by atoms with Crippen molar-refractivity contribution in [3.8, 4) is 0 Å². The number of nitrogens with zero attached hydrogens (tertiary/aromatic N) is 1. The molecule has 0 amide bonds. The van der Waals surface area contributed by atoms with Gasteiger partial charge >= 0.3 is 0 Å². The van der Waals surface area contributed by atoms with Crippen LogP contribution in [0.2, 0.25) is 0 Å². The van der Waals surface area contributed by atoms with Crippen LogP contribution < -0.4 is 5.32 Å². The molecule has 2 nitrogen and oxygen atoms in total. The minimum Gasteiger partial charge on any atom is -0.309 e. The Hall–Kier alpha value is -0.940. The van der Waals surface area contributed by atoms with Crippen LogP contribution in [0.3, 0.4) is 0 Å². The summed E-state index contributed by atoms with van der Waals surface area (Å²) in [6.45, 7) is 5.21. The van der Waals surface area contributed by atoms with E-state index in [0.29, 0.717) is 0 Å². The van der Waals surface area contributed by atoms with Gasteiger partial charge in [0.1, 0.15) is 0 Å². The predicted octanol–water partition coefficient (Wildman–Crippen LogP) is 3.89. The fraction of sp³-hybridized carbons (Fsp3) is 0.312.